The number of hydrogen-bond acceptors (Lipinski definition) is 3. The Morgan fingerprint density at radius 1 is 1.15 bits per heavy atom. The van der Waals surface area contributed by atoms with E-state index in [9.17, 15) is 14.4 Å². The average Bonchev–Trinajstić information content (AvgIpc) is 3.12. The number of nitrogens with one attached hydrogen (secondary N) is 1. The lowest BCUT2D eigenvalue weighted by Gasteiger charge is -2.25. The van der Waals surface area contributed by atoms with Crippen LogP contribution in [0.1, 0.15) is 23.2 Å². The number of hydrogen-bond donors (Lipinski definition) is 1. The fourth-order valence-electron chi connectivity index (χ4n) is 3.68. The third kappa shape index (κ3) is 3.28. The van der Waals surface area contributed by atoms with Crippen molar-refractivity contribution in [1.29, 1.82) is 0 Å². The third-order valence-corrected chi connectivity index (χ3v) is 5.14. The predicted molar refractivity (Wildman–Crippen MR) is 103 cm³/mol. The van der Waals surface area contributed by atoms with Gasteiger partial charge in [-0.3, -0.25) is 14.4 Å². The van der Waals surface area contributed by atoms with Gasteiger partial charge in [-0.2, -0.15) is 0 Å². The Morgan fingerprint density at radius 3 is 2.78 bits per heavy atom. The molecule has 1 atom stereocenters. The minimum absolute atomic E-state index is 0.154. The number of fused-ring (bicyclic) bond motifs is 2. The third-order valence-electron chi connectivity index (χ3n) is 4.90. The van der Waals surface area contributed by atoms with E-state index in [4.69, 9.17) is 11.6 Å². The number of carbonyl (C=O) groups excluding carboxylic acids is 3. The van der Waals surface area contributed by atoms with E-state index in [1.54, 1.807) is 53.4 Å². The molecule has 2 aliphatic heterocycles. The highest BCUT2D eigenvalue weighted by atomic mass is 35.5. The van der Waals surface area contributed by atoms with E-state index < -0.39 is 6.04 Å². The van der Waals surface area contributed by atoms with Gasteiger partial charge in [0.2, 0.25) is 11.8 Å². The highest BCUT2D eigenvalue weighted by Gasteiger charge is 2.42. The van der Waals surface area contributed by atoms with Crippen molar-refractivity contribution < 1.29 is 14.4 Å². The van der Waals surface area contributed by atoms with Crippen LogP contribution >= 0.6 is 11.6 Å². The molecule has 1 saturated heterocycles. The largest absolute Gasteiger partial charge is 0.327 e. The molecule has 1 fully saturated rings. The monoisotopic (exact) mass is 383 g/mol. The van der Waals surface area contributed by atoms with Crippen molar-refractivity contribution in [3.63, 3.8) is 0 Å². The van der Waals surface area contributed by atoms with Crippen LogP contribution in [0, 0.1) is 0 Å². The summed E-state index contributed by atoms with van der Waals surface area (Å²) in [6.45, 7) is 0.395. The summed E-state index contributed by atoms with van der Waals surface area (Å²) in [6, 6.07) is 13.2. The number of rotatable bonds is 3. The van der Waals surface area contributed by atoms with Gasteiger partial charge in [0.15, 0.2) is 0 Å². The first-order valence-electron chi connectivity index (χ1n) is 8.81. The summed E-state index contributed by atoms with van der Waals surface area (Å²) in [4.78, 5) is 41.6. The minimum atomic E-state index is -0.510. The normalized spacial score (nSPS) is 18.8. The SMILES string of the molecule is O=C(CN1C(=O)[C@@H]2CCCN2C(=O)c2ccccc21)Nc1cccc(Cl)c1. The Morgan fingerprint density at radius 2 is 1.96 bits per heavy atom. The molecule has 0 saturated carbocycles. The van der Waals surface area contributed by atoms with Gasteiger partial charge in [-0.15, -0.1) is 0 Å². The van der Waals surface area contributed by atoms with Crippen molar-refractivity contribution in [3.05, 3.63) is 59.1 Å². The number of benzene rings is 2. The molecule has 0 aromatic heterocycles. The van der Waals surface area contributed by atoms with Gasteiger partial charge in [0.05, 0.1) is 11.3 Å². The van der Waals surface area contributed by atoms with Gasteiger partial charge in [0.25, 0.3) is 5.91 Å². The maximum Gasteiger partial charge on any atom is 0.256 e. The molecule has 2 aromatic rings. The molecule has 0 radical (unpaired) electrons. The molecule has 7 heteroatoms. The maximum atomic E-state index is 13.1. The fourth-order valence-corrected chi connectivity index (χ4v) is 3.87. The second-order valence-electron chi connectivity index (χ2n) is 6.66. The topological polar surface area (TPSA) is 69.7 Å². The Bertz CT molecular complexity index is 930. The standard InChI is InChI=1S/C20H18ClN3O3/c21-13-5-3-6-14(11-13)22-18(25)12-24-16-8-2-1-7-15(16)19(26)23-10-4-9-17(23)20(24)27/h1-3,5-8,11,17H,4,9-10,12H2,(H,22,25)/t17-/m0/s1. The summed E-state index contributed by atoms with van der Waals surface area (Å²) in [6.07, 6.45) is 1.40. The van der Waals surface area contributed by atoms with Gasteiger partial charge in [-0.25, -0.2) is 0 Å². The van der Waals surface area contributed by atoms with Crippen LogP contribution in [-0.2, 0) is 9.59 Å². The van der Waals surface area contributed by atoms with E-state index in [0.717, 1.165) is 6.42 Å². The molecule has 6 nitrogen and oxygen atoms in total. The van der Waals surface area contributed by atoms with Gasteiger partial charge in [-0.1, -0.05) is 29.8 Å². The number of anilines is 2. The summed E-state index contributed by atoms with van der Waals surface area (Å²) in [5, 5.41) is 3.27. The molecule has 2 aromatic carbocycles. The Balaban J connectivity index is 1.64. The van der Waals surface area contributed by atoms with Gasteiger partial charge >= 0.3 is 0 Å². The zero-order valence-electron chi connectivity index (χ0n) is 14.5. The van der Waals surface area contributed by atoms with Gasteiger partial charge in [0.1, 0.15) is 12.6 Å². The van der Waals surface area contributed by atoms with E-state index >= 15 is 0 Å². The predicted octanol–water partition coefficient (Wildman–Crippen LogP) is 2.93. The minimum Gasteiger partial charge on any atom is -0.327 e. The molecule has 27 heavy (non-hydrogen) atoms. The van der Waals surface area contributed by atoms with E-state index in [0.29, 0.717) is 34.9 Å². The van der Waals surface area contributed by atoms with Gasteiger partial charge in [0, 0.05) is 17.3 Å². The molecule has 3 amide bonds. The first-order valence-corrected chi connectivity index (χ1v) is 9.19. The van der Waals surface area contributed by atoms with E-state index in [1.165, 1.54) is 4.90 Å². The molecule has 138 valence electrons. The fraction of sp³-hybridized carbons (Fsp3) is 0.250. The maximum absolute atomic E-state index is 13.1. The molecule has 4 rings (SSSR count). The van der Waals surface area contributed by atoms with Crippen LogP contribution in [0.3, 0.4) is 0 Å². The number of amides is 3. The van der Waals surface area contributed by atoms with Crippen molar-refractivity contribution >= 4 is 40.7 Å². The number of carbonyl (C=O) groups is 3. The molecular weight excluding hydrogens is 366 g/mol. The summed E-state index contributed by atoms with van der Waals surface area (Å²) in [5.41, 5.74) is 1.48. The molecule has 2 heterocycles. The van der Waals surface area contributed by atoms with Crippen molar-refractivity contribution in [2.45, 2.75) is 18.9 Å². The van der Waals surface area contributed by atoms with Crippen LogP contribution in [0.4, 0.5) is 11.4 Å². The highest BCUT2D eigenvalue weighted by molar-refractivity contribution is 6.30. The quantitative estimate of drug-likeness (QED) is 0.885. The zero-order chi connectivity index (χ0) is 19.0. The Labute approximate surface area is 161 Å². The van der Waals surface area contributed by atoms with Gasteiger partial charge in [-0.05, 0) is 43.2 Å². The zero-order valence-corrected chi connectivity index (χ0v) is 15.3. The van der Waals surface area contributed by atoms with E-state index in [2.05, 4.69) is 5.32 Å². The highest BCUT2D eigenvalue weighted by Crippen LogP contribution is 2.32. The molecular formula is C20H18ClN3O3. The number of nitrogens with zero attached hydrogens (tertiary/aromatic N) is 2. The van der Waals surface area contributed by atoms with Crippen LogP contribution in [0.25, 0.3) is 0 Å². The number of halogens is 1. The van der Waals surface area contributed by atoms with Crippen LogP contribution in [0.15, 0.2) is 48.5 Å². The average molecular weight is 384 g/mol. The summed E-state index contributed by atoms with van der Waals surface area (Å²) < 4.78 is 0. The first-order chi connectivity index (χ1) is 13.0. The van der Waals surface area contributed by atoms with Crippen molar-refractivity contribution in [3.8, 4) is 0 Å². The summed E-state index contributed by atoms with van der Waals surface area (Å²) in [7, 11) is 0. The van der Waals surface area contributed by atoms with E-state index in [-0.39, 0.29) is 24.3 Å². The molecule has 0 aliphatic carbocycles. The van der Waals surface area contributed by atoms with Crippen LogP contribution < -0.4 is 10.2 Å². The second kappa shape index (κ2) is 7.04. The Hall–Kier alpha value is -2.86. The van der Waals surface area contributed by atoms with Gasteiger partial charge < -0.3 is 15.1 Å². The van der Waals surface area contributed by atoms with Crippen LogP contribution in [0.5, 0.6) is 0 Å². The van der Waals surface area contributed by atoms with Crippen molar-refractivity contribution in [2.24, 2.45) is 0 Å². The second-order valence-corrected chi connectivity index (χ2v) is 7.09. The van der Waals surface area contributed by atoms with Crippen molar-refractivity contribution in [1.82, 2.24) is 4.90 Å². The molecule has 0 spiro atoms. The smallest absolute Gasteiger partial charge is 0.256 e. The lowest BCUT2D eigenvalue weighted by atomic mass is 10.1. The molecule has 0 unspecified atom stereocenters. The lowest BCUT2D eigenvalue weighted by molar-refractivity contribution is -0.124. The van der Waals surface area contributed by atoms with Crippen LogP contribution in [0.2, 0.25) is 5.02 Å². The molecule has 2 aliphatic rings. The molecule has 1 N–H and O–H groups in total. The van der Waals surface area contributed by atoms with E-state index in [1.807, 2.05) is 0 Å². The first kappa shape index (κ1) is 17.5. The Kier molecular flexibility index (Phi) is 4.58. The summed E-state index contributed by atoms with van der Waals surface area (Å²) in [5.74, 6) is -0.717. The lowest BCUT2D eigenvalue weighted by Crippen LogP contribution is -2.47. The summed E-state index contributed by atoms with van der Waals surface area (Å²) >= 11 is 5.95. The van der Waals surface area contributed by atoms with Crippen LogP contribution in [-0.4, -0.2) is 41.8 Å². The molecule has 0 bridgehead atoms. The van der Waals surface area contributed by atoms with Crippen molar-refractivity contribution in [2.75, 3.05) is 23.3 Å². The number of para-hydroxylation sites is 1.